The van der Waals surface area contributed by atoms with Gasteiger partial charge in [0.15, 0.2) is 0 Å². The minimum Gasteiger partial charge on any atom is -0.396 e. The van der Waals surface area contributed by atoms with Gasteiger partial charge in [-0.2, -0.15) is 5.10 Å². The number of nitrogens with zero attached hydrogens (tertiary/aromatic N) is 2. The van der Waals surface area contributed by atoms with Gasteiger partial charge in [-0.25, -0.2) is 9.07 Å². The summed E-state index contributed by atoms with van der Waals surface area (Å²) in [5, 5.41) is 4.52. The lowest BCUT2D eigenvalue weighted by Gasteiger charge is -2.05. The Balaban J connectivity index is 2.12. The van der Waals surface area contributed by atoms with Crippen LogP contribution in [0.5, 0.6) is 0 Å². The van der Waals surface area contributed by atoms with Crippen LogP contribution in [0.15, 0.2) is 48.7 Å². The number of anilines is 1. The van der Waals surface area contributed by atoms with Gasteiger partial charge >= 0.3 is 0 Å². The predicted molar refractivity (Wildman–Crippen MR) is 82.8 cm³/mol. The molecule has 0 aliphatic rings. The van der Waals surface area contributed by atoms with Gasteiger partial charge in [0, 0.05) is 5.56 Å². The molecule has 0 fully saturated rings. The lowest BCUT2D eigenvalue weighted by atomic mass is 10.0. The first-order chi connectivity index (χ1) is 10.0. The number of halogens is 1. The number of hydrogen-bond donors (Lipinski definition) is 1. The van der Waals surface area contributed by atoms with Crippen LogP contribution < -0.4 is 5.73 Å². The summed E-state index contributed by atoms with van der Waals surface area (Å²) in [5.74, 6) is -0.296. The number of hydrogen-bond acceptors (Lipinski definition) is 2. The van der Waals surface area contributed by atoms with Crippen LogP contribution in [0.25, 0.3) is 16.9 Å². The third kappa shape index (κ3) is 2.52. The zero-order chi connectivity index (χ0) is 15.0. The molecule has 0 unspecified atom stereocenters. The molecule has 0 amide bonds. The molecular weight excluding hydrogens is 265 g/mol. The van der Waals surface area contributed by atoms with Gasteiger partial charge in [-0.1, -0.05) is 23.8 Å². The Morgan fingerprint density at radius 1 is 1.10 bits per heavy atom. The molecule has 106 valence electrons. The van der Waals surface area contributed by atoms with Crippen molar-refractivity contribution in [1.82, 2.24) is 9.78 Å². The van der Waals surface area contributed by atoms with Crippen molar-refractivity contribution < 1.29 is 4.39 Å². The van der Waals surface area contributed by atoms with E-state index in [-0.39, 0.29) is 5.82 Å². The van der Waals surface area contributed by atoms with Crippen LogP contribution in [0.3, 0.4) is 0 Å². The fraction of sp³-hybridized carbons (Fsp3) is 0.118. The highest BCUT2D eigenvalue weighted by Gasteiger charge is 2.12. The molecule has 4 heteroatoms. The maximum Gasteiger partial charge on any atom is 0.125 e. The first kappa shape index (κ1) is 13.4. The van der Waals surface area contributed by atoms with Crippen LogP contribution in [0.4, 0.5) is 10.1 Å². The summed E-state index contributed by atoms with van der Waals surface area (Å²) in [6.45, 7) is 4.05. The summed E-state index contributed by atoms with van der Waals surface area (Å²) in [6, 6.07) is 12.4. The number of nitrogen functional groups attached to an aromatic ring is 1. The molecule has 0 atom stereocenters. The number of nitrogens with two attached hydrogens (primary N) is 1. The van der Waals surface area contributed by atoms with Crippen LogP contribution in [-0.4, -0.2) is 9.78 Å². The van der Waals surface area contributed by atoms with Gasteiger partial charge in [-0.15, -0.1) is 0 Å². The summed E-state index contributed by atoms with van der Waals surface area (Å²) in [7, 11) is 0. The van der Waals surface area contributed by atoms with E-state index in [1.807, 2.05) is 19.9 Å². The van der Waals surface area contributed by atoms with Gasteiger partial charge in [-0.3, -0.25) is 0 Å². The quantitative estimate of drug-likeness (QED) is 0.774. The molecule has 21 heavy (non-hydrogen) atoms. The van der Waals surface area contributed by atoms with Gasteiger partial charge in [0.2, 0.25) is 0 Å². The molecule has 0 spiro atoms. The van der Waals surface area contributed by atoms with E-state index >= 15 is 0 Å². The Bertz CT molecular complexity index is 806. The van der Waals surface area contributed by atoms with Crippen molar-refractivity contribution in [2.24, 2.45) is 0 Å². The lowest BCUT2D eigenvalue weighted by Crippen LogP contribution is -1.96. The third-order valence-electron chi connectivity index (χ3n) is 3.46. The summed E-state index contributed by atoms with van der Waals surface area (Å²) in [4.78, 5) is 0. The molecule has 2 N–H and O–H groups in total. The molecular formula is C17H16FN3. The second-order valence-corrected chi connectivity index (χ2v) is 5.18. The zero-order valence-electron chi connectivity index (χ0n) is 12.0. The van der Waals surface area contributed by atoms with Crippen LogP contribution in [0, 0.1) is 19.7 Å². The van der Waals surface area contributed by atoms with Crippen LogP contribution in [-0.2, 0) is 0 Å². The molecule has 0 radical (unpaired) electrons. The molecule has 0 saturated heterocycles. The first-order valence-corrected chi connectivity index (χ1v) is 6.73. The third-order valence-corrected chi connectivity index (χ3v) is 3.46. The van der Waals surface area contributed by atoms with Gasteiger partial charge in [-0.05, 0) is 43.7 Å². The highest BCUT2D eigenvalue weighted by molar-refractivity contribution is 5.75. The summed E-state index contributed by atoms with van der Waals surface area (Å²) < 4.78 is 14.9. The van der Waals surface area contributed by atoms with Crippen molar-refractivity contribution in [1.29, 1.82) is 0 Å². The Morgan fingerprint density at radius 3 is 2.67 bits per heavy atom. The first-order valence-electron chi connectivity index (χ1n) is 6.73. The SMILES string of the molecule is Cc1ccc(C)c(-c2nn(-c3cccc(F)c3)cc2N)c1. The molecule has 3 nitrogen and oxygen atoms in total. The predicted octanol–water partition coefficient (Wildman–Crippen LogP) is 3.88. The molecule has 0 aliphatic carbocycles. The Labute approximate surface area is 122 Å². The maximum atomic E-state index is 13.3. The smallest absolute Gasteiger partial charge is 0.125 e. The summed E-state index contributed by atoms with van der Waals surface area (Å²) in [5.41, 5.74) is 11.3. The van der Waals surface area contributed by atoms with E-state index in [2.05, 4.69) is 17.2 Å². The molecule has 1 heterocycles. The minimum absolute atomic E-state index is 0.296. The summed E-state index contributed by atoms with van der Waals surface area (Å²) >= 11 is 0. The van der Waals surface area contributed by atoms with Crippen LogP contribution in [0.2, 0.25) is 0 Å². The molecule has 2 aromatic carbocycles. The van der Waals surface area contributed by atoms with Crippen molar-refractivity contribution in [2.45, 2.75) is 13.8 Å². The van der Waals surface area contributed by atoms with E-state index < -0.39 is 0 Å². The standard InChI is InChI=1S/C17H16FN3/c1-11-6-7-12(2)15(8-11)17-16(19)10-21(20-17)14-5-3-4-13(18)9-14/h3-10H,19H2,1-2H3. The number of aromatic nitrogens is 2. The maximum absolute atomic E-state index is 13.3. The second kappa shape index (κ2) is 5.05. The highest BCUT2D eigenvalue weighted by Crippen LogP contribution is 2.29. The van der Waals surface area contributed by atoms with E-state index in [9.17, 15) is 4.39 Å². The molecule has 3 rings (SSSR count). The Kier molecular flexibility index (Phi) is 3.22. The van der Waals surface area contributed by atoms with Gasteiger partial charge < -0.3 is 5.73 Å². The van der Waals surface area contributed by atoms with Crippen molar-refractivity contribution in [3.05, 3.63) is 65.6 Å². The Hall–Kier alpha value is -2.62. The average Bonchev–Trinajstić information content (AvgIpc) is 2.83. The van der Waals surface area contributed by atoms with Gasteiger partial charge in [0.05, 0.1) is 17.6 Å². The average molecular weight is 281 g/mol. The second-order valence-electron chi connectivity index (χ2n) is 5.18. The Morgan fingerprint density at radius 2 is 1.90 bits per heavy atom. The van der Waals surface area contributed by atoms with E-state index in [0.717, 1.165) is 22.4 Å². The zero-order valence-corrected chi connectivity index (χ0v) is 12.0. The normalized spacial score (nSPS) is 10.8. The minimum atomic E-state index is -0.296. The lowest BCUT2D eigenvalue weighted by molar-refractivity contribution is 0.625. The fourth-order valence-electron chi connectivity index (χ4n) is 2.34. The van der Waals surface area contributed by atoms with E-state index in [0.29, 0.717) is 11.4 Å². The molecule has 0 saturated carbocycles. The van der Waals surface area contributed by atoms with Crippen molar-refractivity contribution in [3.8, 4) is 16.9 Å². The number of aryl methyl sites for hydroxylation is 2. The monoisotopic (exact) mass is 281 g/mol. The molecule has 0 aliphatic heterocycles. The topological polar surface area (TPSA) is 43.8 Å². The summed E-state index contributed by atoms with van der Waals surface area (Å²) in [6.07, 6.45) is 1.71. The van der Waals surface area contributed by atoms with Crippen molar-refractivity contribution in [2.75, 3.05) is 5.73 Å². The highest BCUT2D eigenvalue weighted by atomic mass is 19.1. The number of rotatable bonds is 2. The van der Waals surface area contributed by atoms with E-state index in [4.69, 9.17) is 5.73 Å². The van der Waals surface area contributed by atoms with Crippen molar-refractivity contribution in [3.63, 3.8) is 0 Å². The van der Waals surface area contributed by atoms with Crippen LogP contribution >= 0.6 is 0 Å². The molecule has 1 aromatic heterocycles. The largest absolute Gasteiger partial charge is 0.396 e. The molecule has 0 bridgehead atoms. The molecule has 3 aromatic rings. The van der Waals surface area contributed by atoms with Gasteiger partial charge in [0.25, 0.3) is 0 Å². The van der Waals surface area contributed by atoms with Gasteiger partial charge in [0.1, 0.15) is 11.5 Å². The van der Waals surface area contributed by atoms with Crippen LogP contribution in [0.1, 0.15) is 11.1 Å². The van der Waals surface area contributed by atoms with E-state index in [1.54, 1.807) is 23.0 Å². The van der Waals surface area contributed by atoms with E-state index in [1.165, 1.54) is 12.1 Å². The number of benzene rings is 2. The fourth-order valence-corrected chi connectivity index (χ4v) is 2.34. The van der Waals surface area contributed by atoms with Crippen molar-refractivity contribution >= 4 is 5.69 Å².